The smallest absolute Gasteiger partial charge is 0.262 e. The van der Waals surface area contributed by atoms with Gasteiger partial charge in [-0.1, -0.05) is 35.9 Å². The molecule has 1 N–H and O–H groups in total. The minimum Gasteiger partial charge on any atom is -0.360 e. The Balaban J connectivity index is 1.89. The van der Waals surface area contributed by atoms with Gasteiger partial charge in [-0.2, -0.15) is 0 Å². The maximum absolute atomic E-state index is 13.4. The fraction of sp³-hybridized carbons (Fsp3) is 0.0952. The molecule has 26 heavy (non-hydrogen) atoms. The Morgan fingerprint density at radius 1 is 1.04 bits per heavy atom. The highest BCUT2D eigenvalue weighted by atomic mass is 127. The van der Waals surface area contributed by atoms with Crippen molar-refractivity contribution >= 4 is 51.5 Å². The van der Waals surface area contributed by atoms with Crippen LogP contribution in [0.5, 0.6) is 0 Å². The zero-order valence-corrected chi connectivity index (χ0v) is 17.0. The van der Waals surface area contributed by atoms with Crippen molar-refractivity contribution in [3.05, 3.63) is 92.0 Å². The molecule has 1 aliphatic rings. The molecular weight excluding hydrogens is 459 g/mol. The number of halogens is 2. The van der Waals surface area contributed by atoms with Gasteiger partial charge in [0.2, 0.25) is 0 Å². The van der Waals surface area contributed by atoms with E-state index in [1.807, 2.05) is 73.7 Å². The molecule has 3 aromatic carbocycles. The zero-order chi connectivity index (χ0) is 18.3. The Hall–Kier alpha value is -2.05. The number of hydrogen-bond acceptors (Lipinski definition) is 2. The largest absolute Gasteiger partial charge is 0.360 e. The van der Waals surface area contributed by atoms with Crippen LogP contribution in [0.4, 0.5) is 11.4 Å². The molecule has 0 bridgehead atoms. The molecule has 0 spiro atoms. The molecule has 0 saturated carbocycles. The van der Waals surface area contributed by atoms with Crippen LogP contribution in [0.15, 0.2) is 66.7 Å². The number of hydrogen-bond donors (Lipinski definition) is 1. The fourth-order valence-electron chi connectivity index (χ4n) is 3.23. The van der Waals surface area contributed by atoms with Gasteiger partial charge in [0.05, 0.1) is 5.56 Å². The summed E-state index contributed by atoms with van der Waals surface area (Å²) < 4.78 is 1.03. The third kappa shape index (κ3) is 3.19. The van der Waals surface area contributed by atoms with Crippen molar-refractivity contribution in [3.8, 4) is 0 Å². The van der Waals surface area contributed by atoms with E-state index in [0.717, 1.165) is 26.1 Å². The van der Waals surface area contributed by atoms with Crippen LogP contribution in [0.25, 0.3) is 0 Å². The van der Waals surface area contributed by atoms with E-state index in [4.69, 9.17) is 11.6 Å². The molecule has 1 heterocycles. The van der Waals surface area contributed by atoms with Crippen LogP contribution in [0, 0.1) is 10.5 Å². The van der Waals surface area contributed by atoms with E-state index in [2.05, 4.69) is 27.9 Å². The summed E-state index contributed by atoms with van der Waals surface area (Å²) in [5, 5.41) is 4.16. The summed E-state index contributed by atoms with van der Waals surface area (Å²) >= 11 is 8.44. The zero-order valence-electron chi connectivity index (χ0n) is 14.0. The molecule has 5 heteroatoms. The minimum atomic E-state index is -0.324. The van der Waals surface area contributed by atoms with Crippen molar-refractivity contribution < 1.29 is 4.79 Å². The lowest BCUT2D eigenvalue weighted by Crippen LogP contribution is -2.43. The molecule has 0 saturated heterocycles. The number of aryl methyl sites for hydroxylation is 1. The molecule has 0 radical (unpaired) electrons. The van der Waals surface area contributed by atoms with Crippen molar-refractivity contribution in [1.82, 2.24) is 0 Å². The van der Waals surface area contributed by atoms with Gasteiger partial charge in [-0.05, 0) is 83.1 Å². The van der Waals surface area contributed by atoms with Crippen LogP contribution in [-0.2, 0) is 0 Å². The second kappa shape index (κ2) is 6.93. The highest BCUT2D eigenvalue weighted by Gasteiger charge is 2.34. The van der Waals surface area contributed by atoms with Gasteiger partial charge in [0.15, 0.2) is 0 Å². The van der Waals surface area contributed by atoms with Crippen molar-refractivity contribution in [1.29, 1.82) is 0 Å². The van der Waals surface area contributed by atoms with E-state index >= 15 is 0 Å². The normalized spacial score (nSPS) is 16.2. The number of rotatable bonds is 2. The number of carbonyl (C=O) groups excluding carboxylic acids is 1. The number of nitrogens with zero attached hydrogens (tertiary/aromatic N) is 1. The molecule has 130 valence electrons. The van der Waals surface area contributed by atoms with E-state index in [1.165, 1.54) is 0 Å². The summed E-state index contributed by atoms with van der Waals surface area (Å²) in [6.07, 6.45) is -0.324. The first-order chi connectivity index (χ1) is 12.5. The predicted octanol–water partition coefficient (Wildman–Crippen LogP) is 6.02. The molecule has 1 unspecified atom stereocenters. The Morgan fingerprint density at radius 3 is 2.62 bits per heavy atom. The van der Waals surface area contributed by atoms with Gasteiger partial charge in [0.1, 0.15) is 6.17 Å². The fourth-order valence-corrected chi connectivity index (χ4v) is 3.92. The van der Waals surface area contributed by atoms with Crippen LogP contribution in [0.1, 0.15) is 27.7 Å². The third-order valence-electron chi connectivity index (χ3n) is 4.43. The summed E-state index contributed by atoms with van der Waals surface area (Å²) in [5.74, 6) is -0.0205. The molecule has 0 aliphatic carbocycles. The Kier molecular flexibility index (Phi) is 4.63. The molecule has 3 aromatic rings. The maximum atomic E-state index is 13.4. The number of benzene rings is 3. The van der Waals surface area contributed by atoms with Crippen LogP contribution < -0.4 is 10.2 Å². The number of nitrogens with one attached hydrogen (secondary N) is 1. The van der Waals surface area contributed by atoms with Gasteiger partial charge in [0, 0.05) is 20.0 Å². The van der Waals surface area contributed by atoms with Crippen molar-refractivity contribution in [2.45, 2.75) is 13.1 Å². The molecule has 0 fully saturated rings. The van der Waals surface area contributed by atoms with Gasteiger partial charge in [-0.15, -0.1) is 0 Å². The number of anilines is 2. The number of carbonyl (C=O) groups is 1. The quantitative estimate of drug-likeness (QED) is 0.460. The summed E-state index contributed by atoms with van der Waals surface area (Å²) in [6, 6.07) is 21.5. The van der Waals surface area contributed by atoms with Gasteiger partial charge in [0.25, 0.3) is 5.91 Å². The van der Waals surface area contributed by atoms with E-state index in [1.54, 1.807) is 4.90 Å². The van der Waals surface area contributed by atoms with Crippen LogP contribution >= 0.6 is 34.2 Å². The first-order valence-electron chi connectivity index (χ1n) is 8.25. The molecule has 4 rings (SSSR count). The van der Waals surface area contributed by atoms with Crippen LogP contribution in [0.2, 0.25) is 5.02 Å². The molecule has 1 amide bonds. The average Bonchev–Trinajstić information content (AvgIpc) is 2.62. The summed E-state index contributed by atoms with van der Waals surface area (Å²) in [5.41, 5.74) is 4.42. The topological polar surface area (TPSA) is 32.3 Å². The monoisotopic (exact) mass is 474 g/mol. The third-order valence-corrected chi connectivity index (χ3v) is 5.33. The molecular formula is C21H16ClIN2O. The summed E-state index contributed by atoms with van der Waals surface area (Å²) in [6.45, 7) is 2.02. The van der Waals surface area contributed by atoms with Crippen LogP contribution in [-0.4, -0.2) is 5.91 Å². The second-order valence-corrected chi connectivity index (χ2v) is 7.99. The SMILES string of the molecule is Cc1cccc(N2C(=O)c3cc(I)ccc3NC2c2cccc(Cl)c2)c1. The standard InChI is InChI=1S/C21H16ClIN2O/c1-13-4-2-7-17(10-13)25-20(14-5-3-6-15(22)11-14)24-19-9-8-16(23)12-18(19)21(25)26/h2-12,20,24H,1H3. The minimum absolute atomic E-state index is 0.0205. The first kappa shape index (κ1) is 17.4. The van der Waals surface area contributed by atoms with E-state index in [9.17, 15) is 4.79 Å². The lowest BCUT2D eigenvalue weighted by atomic mass is 10.0. The van der Waals surface area contributed by atoms with Gasteiger partial charge >= 0.3 is 0 Å². The van der Waals surface area contributed by atoms with Crippen LogP contribution in [0.3, 0.4) is 0 Å². The second-order valence-electron chi connectivity index (χ2n) is 6.31. The number of fused-ring (bicyclic) bond motifs is 1. The number of amides is 1. The molecule has 1 aliphatic heterocycles. The van der Waals surface area contributed by atoms with Gasteiger partial charge < -0.3 is 5.32 Å². The lowest BCUT2D eigenvalue weighted by molar-refractivity contribution is 0.0975. The van der Waals surface area contributed by atoms with Crippen molar-refractivity contribution in [2.24, 2.45) is 0 Å². The maximum Gasteiger partial charge on any atom is 0.262 e. The highest BCUT2D eigenvalue weighted by molar-refractivity contribution is 14.1. The van der Waals surface area contributed by atoms with E-state index in [0.29, 0.717) is 10.6 Å². The molecule has 1 atom stereocenters. The first-order valence-corrected chi connectivity index (χ1v) is 9.70. The summed E-state index contributed by atoms with van der Waals surface area (Å²) in [4.78, 5) is 15.2. The highest BCUT2D eigenvalue weighted by Crippen LogP contribution is 2.37. The lowest BCUT2D eigenvalue weighted by Gasteiger charge is -2.38. The summed E-state index contributed by atoms with van der Waals surface area (Å²) in [7, 11) is 0. The average molecular weight is 475 g/mol. The van der Waals surface area contributed by atoms with Gasteiger partial charge in [-0.25, -0.2) is 0 Å². The van der Waals surface area contributed by atoms with Crippen molar-refractivity contribution in [2.75, 3.05) is 10.2 Å². The Bertz CT molecular complexity index is 1000. The molecule has 3 nitrogen and oxygen atoms in total. The van der Waals surface area contributed by atoms with E-state index < -0.39 is 0 Å². The predicted molar refractivity (Wildman–Crippen MR) is 115 cm³/mol. The van der Waals surface area contributed by atoms with Gasteiger partial charge in [-0.3, -0.25) is 9.69 Å². The molecule has 0 aromatic heterocycles. The Labute approximate surface area is 171 Å². The van der Waals surface area contributed by atoms with Crippen molar-refractivity contribution in [3.63, 3.8) is 0 Å². The Morgan fingerprint density at radius 2 is 1.85 bits per heavy atom. The van der Waals surface area contributed by atoms with E-state index in [-0.39, 0.29) is 12.1 Å².